The van der Waals surface area contributed by atoms with Crippen LogP contribution in [0.15, 0.2) is 24.3 Å². The molecule has 0 radical (unpaired) electrons. The second-order valence-corrected chi connectivity index (χ2v) is 3.03. The predicted molar refractivity (Wildman–Crippen MR) is 48.0 cm³/mol. The third-order valence-electron chi connectivity index (χ3n) is 1.96. The summed E-state index contributed by atoms with van der Waals surface area (Å²) in [4.78, 5) is 11.0. The molecule has 1 atom stereocenters. The fourth-order valence-electron chi connectivity index (χ4n) is 1.24. The Kier molecular flexibility index (Phi) is 3.38. The van der Waals surface area contributed by atoms with Crippen LogP contribution in [-0.2, 0) is 9.53 Å². The van der Waals surface area contributed by atoms with Crippen LogP contribution in [0.3, 0.4) is 0 Å². The molecule has 1 aliphatic rings. The number of esters is 1. The van der Waals surface area contributed by atoms with Crippen LogP contribution >= 0.6 is 0 Å². The van der Waals surface area contributed by atoms with Crippen molar-refractivity contribution in [1.29, 1.82) is 0 Å². The molecule has 1 rings (SSSR count). The lowest BCUT2D eigenvalue weighted by Gasteiger charge is -2.22. The zero-order valence-corrected chi connectivity index (χ0v) is 7.87. The van der Waals surface area contributed by atoms with E-state index in [1.54, 1.807) is 6.92 Å². The lowest BCUT2D eigenvalue weighted by atomic mass is 9.93. The van der Waals surface area contributed by atoms with E-state index < -0.39 is 17.8 Å². The van der Waals surface area contributed by atoms with Crippen molar-refractivity contribution in [3.8, 4) is 0 Å². The molecule has 0 aromatic heterocycles. The molecular formula is C10H12F2O2. The minimum Gasteiger partial charge on any atom is -0.466 e. The Labute approximate surface area is 81.2 Å². The average Bonchev–Trinajstić information content (AvgIpc) is 2.09. The molecule has 0 saturated heterocycles. The highest BCUT2D eigenvalue weighted by Gasteiger charge is 2.37. The fourth-order valence-corrected chi connectivity index (χ4v) is 1.24. The third-order valence-corrected chi connectivity index (χ3v) is 1.96. The summed E-state index contributed by atoms with van der Waals surface area (Å²) in [6, 6.07) is 0. The number of carbonyl (C=O) groups is 1. The summed E-state index contributed by atoms with van der Waals surface area (Å²) < 4.78 is 30.9. The summed E-state index contributed by atoms with van der Waals surface area (Å²) in [5.41, 5.74) is 0. The molecule has 0 aromatic carbocycles. The zero-order valence-electron chi connectivity index (χ0n) is 7.87. The van der Waals surface area contributed by atoms with Crippen molar-refractivity contribution in [1.82, 2.24) is 0 Å². The Morgan fingerprint density at radius 1 is 1.50 bits per heavy atom. The predicted octanol–water partition coefficient (Wildman–Crippen LogP) is 2.32. The monoisotopic (exact) mass is 202 g/mol. The molecule has 0 heterocycles. The highest BCUT2D eigenvalue weighted by atomic mass is 19.3. The van der Waals surface area contributed by atoms with Gasteiger partial charge in [-0.3, -0.25) is 4.79 Å². The molecular weight excluding hydrogens is 190 g/mol. The van der Waals surface area contributed by atoms with Gasteiger partial charge in [-0.15, -0.1) is 0 Å². The van der Waals surface area contributed by atoms with E-state index in [0.29, 0.717) is 0 Å². The van der Waals surface area contributed by atoms with E-state index in [0.717, 1.165) is 6.08 Å². The summed E-state index contributed by atoms with van der Waals surface area (Å²) in [6.07, 6.45) is 4.65. The van der Waals surface area contributed by atoms with Crippen LogP contribution in [0.5, 0.6) is 0 Å². The van der Waals surface area contributed by atoms with Gasteiger partial charge in [-0.25, -0.2) is 8.78 Å². The maximum Gasteiger partial charge on any atom is 0.306 e. The van der Waals surface area contributed by atoms with Gasteiger partial charge < -0.3 is 4.74 Å². The van der Waals surface area contributed by atoms with Crippen molar-refractivity contribution in [3.63, 3.8) is 0 Å². The van der Waals surface area contributed by atoms with Gasteiger partial charge in [-0.1, -0.05) is 18.2 Å². The molecule has 0 aliphatic heterocycles. The fraction of sp³-hybridized carbons (Fsp3) is 0.500. The zero-order chi connectivity index (χ0) is 10.6. The van der Waals surface area contributed by atoms with Crippen molar-refractivity contribution in [2.24, 2.45) is 5.92 Å². The quantitative estimate of drug-likeness (QED) is 0.656. The van der Waals surface area contributed by atoms with E-state index in [4.69, 9.17) is 0 Å². The van der Waals surface area contributed by atoms with Crippen LogP contribution in [0.1, 0.15) is 13.3 Å². The van der Waals surface area contributed by atoms with Crippen LogP contribution in [0, 0.1) is 5.92 Å². The molecule has 0 fully saturated rings. The number of rotatable bonds is 3. The first-order chi connectivity index (χ1) is 6.56. The topological polar surface area (TPSA) is 26.3 Å². The first-order valence-corrected chi connectivity index (χ1v) is 4.45. The summed E-state index contributed by atoms with van der Waals surface area (Å²) in [5, 5.41) is 0. The number of allylic oxidation sites excluding steroid dienone is 4. The van der Waals surface area contributed by atoms with E-state index in [1.807, 2.05) is 0 Å². The average molecular weight is 202 g/mol. The van der Waals surface area contributed by atoms with Gasteiger partial charge in [0.25, 0.3) is 5.92 Å². The standard InChI is InChI=1S/C10H12F2O2/c1-2-14-9(13)7-8-5-3-4-6-10(8,11)12/h3-6,8H,2,7H2,1H3. The van der Waals surface area contributed by atoms with Crippen LogP contribution in [0.2, 0.25) is 0 Å². The first-order valence-electron chi connectivity index (χ1n) is 4.45. The van der Waals surface area contributed by atoms with E-state index >= 15 is 0 Å². The van der Waals surface area contributed by atoms with E-state index in [-0.39, 0.29) is 13.0 Å². The Balaban J connectivity index is 2.56. The van der Waals surface area contributed by atoms with Crippen molar-refractivity contribution >= 4 is 5.97 Å². The van der Waals surface area contributed by atoms with Crippen LogP contribution in [0.25, 0.3) is 0 Å². The summed E-state index contributed by atoms with van der Waals surface area (Å²) in [7, 11) is 0. The normalized spacial score (nSPS) is 23.5. The van der Waals surface area contributed by atoms with Gasteiger partial charge in [-0.2, -0.15) is 0 Å². The van der Waals surface area contributed by atoms with Crippen molar-refractivity contribution in [2.45, 2.75) is 19.3 Å². The third kappa shape index (κ3) is 2.65. The second kappa shape index (κ2) is 4.35. The smallest absolute Gasteiger partial charge is 0.306 e. The number of ether oxygens (including phenoxy) is 1. The molecule has 4 heteroatoms. The first kappa shape index (κ1) is 10.9. The molecule has 0 N–H and O–H groups in total. The Hall–Kier alpha value is -1.19. The van der Waals surface area contributed by atoms with E-state index in [9.17, 15) is 13.6 Å². The number of carbonyl (C=O) groups excluding carboxylic acids is 1. The highest BCUT2D eigenvalue weighted by Crippen LogP contribution is 2.32. The van der Waals surface area contributed by atoms with Gasteiger partial charge in [-0.05, 0) is 13.0 Å². The maximum absolute atomic E-state index is 13.1. The van der Waals surface area contributed by atoms with E-state index in [2.05, 4.69) is 4.74 Å². The molecule has 14 heavy (non-hydrogen) atoms. The highest BCUT2D eigenvalue weighted by molar-refractivity contribution is 5.70. The number of hydrogen-bond acceptors (Lipinski definition) is 2. The molecule has 0 spiro atoms. The molecule has 0 amide bonds. The Bertz CT molecular complexity index is 269. The number of halogens is 2. The molecule has 0 saturated carbocycles. The van der Waals surface area contributed by atoms with Gasteiger partial charge >= 0.3 is 5.97 Å². The van der Waals surface area contributed by atoms with E-state index in [1.165, 1.54) is 18.2 Å². The lowest BCUT2D eigenvalue weighted by Crippen LogP contribution is -2.28. The largest absolute Gasteiger partial charge is 0.466 e. The molecule has 0 bridgehead atoms. The second-order valence-electron chi connectivity index (χ2n) is 3.03. The number of hydrogen-bond donors (Lipinski definition) is 0. The van der Waals surface area contributed by atoms with Crippen molar-refractivity contribution in [2.75, 3.05) is 6.61 Å². The summed E-state index contributed by atoms with van der Waals surface area (Å²) >= 11 is 0. The molecule has 2 nitrogen and oxygen atoms in total. The molecule has 78 valence electrons. The van der Waals surface area contributed by atoms with Crippen LogP contribution < -0.4 is 0 Å². The van der Waals surface area contributed by atoms with Gasteiger partial charge in [0.1, 0.15) is 0 Å². The lowest BCUT2D eigenvalue weighted by molar-refractivity contribution is -0.146. The summed E-state index contributed by atoms with van der Waals surface area (Å²) in [5.74, 6) is -4.61. The van der Waals surface area contributed by atoms with Gasteiger partial charge in [0, 0.05) is 0 Å². The van der Waals surface area contributed by atoms with Crippen molar-refractivity contribution < 1.29 is 18.3 Å². The maximum atomic E-state index is 13.1. The van der Waals surface area contributed by atoms with Gasteiger partial charge in [0.05, 0.1) is 18.9 Å². The van der Waals surface area contributed by atoms with Crippen LogP contribution in [0.4, 0.5) is 8.78 Å². The molecule has 1 aliphatic carbocycles. The molecule has 1 unspecified atom stereocenters. The van der Waals surface area contributed by atoms with Gasteiger partial charge in [0.15, 0.2) is 0 Å². The summed E-state index contributed by atoms with van der Waals surface area (Å²) in [6.45, 7) is 1.86. The van der Waals surface area contributed by atoms with Crippen LogP contribution in [-0.4, -0.2) is 18.5 Å². The minimum atomic E-state index is -2.94. The SMILES string of the molecule is CCOC(=O)CC1C=CC=CC1(F)F. The minimum absolute atomic E-state index is 0.219. The Morgan fingerprint density at radius 3 is 2.79 bits per heavy atom. The number of alkyl halides is 2. The Morgan fingerprint density at radius 2 is 2.21 bits per heavy atom. The van der Waals surface area contributed by atoms with Gasteiger partial charge in [0.2, 0.25) is 0 Å². The van der Waals surface area contributed by atoms with Crippen molar-refractivity contribution in [3.05, 3.63) is 24.3 Å². The molecule has 0 aromatic rings.